The van der Waals surface area contributed by atoms with Gasteiger partial charge in [0.1, 0.15) is 0 Å². The van der Waals surface area contributed by atoms with Crippen molar-refractivity contribution in [2.75, 3.05) is 11.9 Å². The molecule has 3 aromatic carbocycles. The zero-order valence-corrected chi connectivity index (χ0v) is 20.2. The summed E-state index contributed by atoms with van der Waals surface area (Å²) < 4.78 is 27.7. The minimum absolute atomic E-state index is 0.000571. The van der Waals surface area contributed by atoms with Crippen LogP contribution in [-0.2, 0) is 27.8 Å². The largest absolute Gasteiger partial charge is 0.325 e. The number of sulfonamides is 1. The van der Waals surface area contributed by atoms with Gasteiger partial charge < -0.3 is 5.32 Å². The van der Waals surface area contributed by atoms with Crippen LogP contribution in [0.2, 0.25) is 15.1 Å². The second-order valence-electron chi connectivity index (χ2n) is 7.06. The maximum atomic E-state index is 13.3. The van der Waals surface area contributed by atoms with E-state index in [1.165, 1.54) is 24.3 Å². The molecular formula is C23H18Cl3N3O3S. The van der Waals surface area contributed by atoms with Crippen molar-refractivity contribution in [3.63, 3.8) is 0 Å². The highest BCUT2D eigenvalue weighted by Gasteiger charge is 2.27. The molecule has 0 aliphatic rings. The van der Waals surface area contributed by atoms with E-state index in [0.717, 1.165) is 9.87 Å². The zero-order valence-electron chi connectivity index (χ0n) is 17.1. The normalized spacial score (nSPS) is 11.2. The van der Waals surface area contributed by atoms with Crippen LogP contribution >= 0.6 is 34.8 Å². The Morgan fingerprint density at radius 1 is 0.909 bits per heavy atom. The number of nitrogens with zero attached hydrogens (tertiary/aromatic N) is 2. The van der Waals surface area contributed by atoms with Gasteiger partial charge >= 0.3 is 0 Å². The highest BCUT2D eigenvalue weighted by atomic mass is 35.5. The van der Waals surface area contributed by atoms with Crippen molar-refractivity contribution in [3.8, 4) is 6.07 Å². The second-order valence-corrected chi connectivity index (χ2v) is 10.2. The molecule has 33 heavy (non-hydrogen) atoms. The monoisotopic (exact) mass is 521 g/mol. The molecule has 0 unspecified atom stereocenters. The van der Waals surface area contributed by atoms with Crippen LogP contribution in [-0.4, -0.2) is 25.2 Å². The Bertz CT molecular complexity index is 1290. The highest BCUT2D eigenvalue weighted by molar-refractivity contribution is 7.89. The molecule has 3 aromatic rings. The second kappa shape index (κ2) is 11.0. The Balaban J connectivity index is 1.85. The van der Waals surface area contributed by atoms with E-state index in [1.807, 2.05) is 6.07 Å². The maximum absolute atomic E-state index is 13.3. The molecule has 0 spiro atoms. The fourth-order valence-corrected chi connectivity index (χ4v) is 4.81. The number of hydrogen-bond acceptors (Lipinski definition) is 4. The van der Waals surface area contributed by atoms with Gasteiger partial charge in [0.2, 0.25) is 15.9 Å². The van der Waals surface area contributed by atoms with E-state index in [4.69, 9.17) is 40.1 Å². The van der Waals surface area contributed by atoms with Crippen molar-refractivity contribution in [1.29, 1.82) is 5.26 Å². The molecule has 6 nitrogen and oxygen atoms in total. The Morgan fingerprint density at radius 3 is 2.15 bits per heavy atom. The molecule has 10 heteroatoms. The highest BCUT2D eigenvalue weighted by Crippen LogP contribution is 2.25. The molecule has 0 atom stereocenters. The molecule has 170 valence electrons. The average Bonchev–Trinajstić information content (AvgIpc) is 2.77. The first-order valence-electron chi connectivity index (χ1n) is 9.64. The smallest absolute Gasteiger partial charge is 0.243 e. The van der Waals surface area contributed by atoms with Crippen LogP contribution < -0.4 is 5.32 Å². The summed E-state index contributed by atoms with van der Waals surface area (Å²) in [6.07, 6.45) is 0.255. The van der Waals surface area contributed by atoms with Gasteiger partial charge in [-0.15, -0.1) is 0 Å². The maximum Gasteiger partial charge on any atom is 0.243 e. The number of amides is 1. The molecule has 0 aromatic heterocycles. The topological polar surface area (TPSA) is 90.3 Å². The number of rotatable bonds is 8. The number of carbonyl (C=O) groups excluding carboxylic acids is 1. The summed E-state index contributed by atoms with van der Waals surface area (Å²) in [5.41, 5.74) is 1.86. The van der Waals surface area contributed by atoms with Crippen LogP contribution in [0.15, 0.2) is 71.6 Å². The fourth-order valence-electron chi connectivity index (χ4n) is 2.98. The molecule has 0 bridgehead atoms. The van der Waals surface area contributed by atoms with E-state index in [-0.39, 0.29) is 22.9 Å². The molecule has 0 saturated carbocycles. The zero-order chi connectivity index (χ0) is 24.0. The first kappa shape index (κ1) is 25.0. The lowest BCUT2D eigenvalue weighted by atomic mass is 10.1. The molecule has 0 aliphatic heterocycles. The van der Waals surface area contributed by atoms with Gasteiger partial charge in [-0.2, -0.15) is 9.57 Å². The summed E-state index contributed by atoms with van der Waals surface area (Å²) in [4.78, 5) is 12.7. The minimum atomic E-state index is -4.04. The van der Waals surface area contributed by atoms with Crippen LogP contribution in [0.1, 0.15) is 11.1 Å². The van der Waals surface area contributed by atoms with Crippen LogP contribution in [0, 0.1) is 11.3 Å². The van der Waals surface area contributed by atoms with E-state index in [2.05, 4.69) is 5.32 Å². The lowest BCUT2D eigenvalue weighted by molar-refractivity contribution is -0.116. The Hall–Kier alpha value is -2.60. The van der Waals surface area contributed by atoms with Crippen molar-refractivity contribution >= 4 is 56.4 Å². The Labute approximate surface area is 207 Å². The molecule has 0 heterocycles. The van der Waals surface area contributed by atoms with Crippen LogP contribution in [0.3, 0.4) is 0 Å². The molecule has 0 fully saturated rings. The quantitative estimate of drug-likeness (QED) is 0.420. The number of hydrogen-bond donors (Lipinski definition) is 1. The Morgan fingerprint density at radius 2 is 1.55 bits per heavy atom. The summed E-state index contributed by atoms with van der Waals surface area (Å²) in [5, 5.41) is 12.5. The van der Waals surface area contributed by atoms with Crippen molar-refractivity contribution in [2.24, 2.45) is 0 Å². The summed E-state index contributed by atoms with van der Waals surface area (Å²) in [6, 6.07) is 19.3. The molecule has 0 radical (unpaired) electrons. The number of anilines is 1. The SMILES string of the molecule is N#CCc1ccc(NC(=O)CN(Cc2ccc(Cl)c(Cl)c2)S(=O)(=O)c2ccc(Cl)cc2)cc1. The van der Waals surface area contributed by atoms with Crippen molar-refractivity contribution in [1.82, 2.24) is 4.31 Å². The van der Waals surface area contributed by atoms with Gasteiger partial charge in [-0.25, -0.2) is 8.42 Å². The van der Waals surface area contributed by atoms with Gasteiger partial charge in [0, 0.05) is 17.3 Å². The van der Waals surface area contributed by atoms with Gasteiger partial charge in [-0.05, 0) is 59.7 Å². The lowest BCUT2D eigenvalue weighted by Gasteiger charge is -2.22. The third-order valence-electron chi connectivity index (χ3n) is 4.64. The van der Waals surface area contributed by atoms with E-state index >= 15 is 0 Å². The van der Waals surface area contributed by atoms with Crippen LogP contribution in [0.5, 0.6) is 0 Å². The van der Waals surface area contributed by atoms with E-state index < -0.39 is 22.5 Å². The lowest BCUT2D eigenvalue weighted by Crippen LogP contribution is -2.37. The van der Waals surface area contributed by atoms with E-state index in [9.17, 15) is 13.2 Å². The summed E-state index contributed by atoms with van der Waals surface area (Å²) >= 11 is 17.9. The van der Waals surface area contributed by atoms with Crippen molar-refractivity contribution < 1.29 is 13.2 Å². The summed E-state index contributed by atoms with van der Waals surface area (Å²) in [5.74, 6) is -0.527. The molecule has 1 N–H and O–H groups in total. The molecular weight excluding hydrogens is 505 g/mol. The number of benzene rings is 3. The first-order chi connectivity index (χ1) is 15.7. The van der Waals surface area contributed by atoms with E-state index in [1.54, 1.807) is 42.5 Å². The van der Waals surface area contributed by atoms with Gasteiger partial charge in [0.05, 0.1) is 34.0 Å². The molecule has 0 aliphatic carbocycles. The van der Waals surface area contributed by atoms with Gasteiger partial charge in [0.15, 0.2) is 0 Å². The predicted octanol–water partition coefficient (Wildman–Crippen LogP) is 5.54. The number of halogens is 3. The third-order valence-corrected chi connectivity index (χ3v) is 7.43. The van der Waals surface area contributed by atoms with Crippen LogP contribution in [0.4, 0.5) is 5.69 Å². The Kier molecular flexibility index (Phi) is 8.35. The van der Waals surface area contributed by atoms with Crippen LogP contribution in [0.25, 0.3) is 0 Å². The van der Waals surface area contributed by atoms with Gasteiger partial charge in [-0.1, -0.05) is 53.0 Å². The summed E-state index contributed by atoms with van der Waals surface area (Å²) in [6.45, 7) is -0.540. The molecule has 0 saturated heterocycles. The fraction of sp³-hybridized carbons (Fsp3) is 0.130. The molecule has 1 amide bonds. The van der Waals surface area contributed by atoms with Gasteiger partial charge in [0.25, 0.3) is 0 Å². The van der Waals surface area contributed by atoms with E-state index in [0.29, 0.717) is 21.3 Å². The minimum Gasteiger partial charge on any atom is -0.325 e. The first-order valence-corrected chi connectivity index (χ1v) is 12.2. The van der Waals surface area contributed by atoms with Gasteiger partial charge in [-0.3, -0.25) is 4.79 Å². The van der Waals surface area contributed by atoms with Crippen molar-refractivity contribution in [2.45, 2.75) is 17.9 Å². The number of nitrogens with one attached hydrogen (secondary N) is 1. The van der Waals surface area contributed by atoms with Crippen molar-refractivity contribution in [3.05, 3.63) is 92.9 Å². The third kappa shape index (κ3) is 6.70. The summed E-state index contributed by atoms with van der Waals surface area (Å²) in [7, 11) is -4.04. The molecule has 3 rings (SSSR count). The number of nitriles is 1. The average molecular weight is 523 g/mol. The standard InChI is InChI=1S/C23H18Cl3N3O3S/c24-18-4-8-20(9-5-18)33(31,32)29(14-17-3-10-21(25)22(26)13-17)15-23(30)28-19-6-1-16(2-7-19)11-12-27/h1-10,13H,11,14-15H2,(H,28,30). The number of carbonyl (C=O) groups is 1. The predicted molar refractivity (Wildman–Crippen MR) is 130 cm³/mol.